The van der Waals surface area contributed by atoms with E-state index in [0.29, 0.717) is 28.6 Å². The number of hydrogen-bond acceptors (Lipinski definition) is 6. The number of carbonyl (C=O) groups is 3. The maximum atomic E-state index is 13.5. The van der Waals surface area contributed by atoms with Crippen molar-refractivity contribution in [2.45, 2.75) is 32.0 Å². The maximum Gasteiger partial charge on any atom is 0.329 e. The highest BCUT2D eigenvalue weighted by atomic mass is 16.5. The van der Waals surface area contributed by atoms with Crippen LogP contribution in [-0.2, 0) is 27.4 Å². The van der Waals surface area contributed by atoms with Crippen LogP contribution < -0.4 is 10.4 Å². The highest BCUT2D eigenvalue weighted by Crippen LogP contribution is 2.29. The molecule has 0 aliphatic carbocycles. The normalized spacial score (nSPS) is 16.4. The Labute approximate surface area is 190 Å². The van der Waals surface area contributed by atoms with Gasteiger partial charge in [-0.2, -0.15) is 0 Å². The number of ether oxygens (including phenoxy) is 2. The van der Waals surface area contributed by atoms with Crippen molar-refractivity contribution < 1.29 is 23.9 Å². The number of aromatic nitrogens is 2. The van der Waals surface area contributed by atoms with Gasteiger partial charge >= 0.3 is 5.69 Å². The molecule has 1 atom stereocenters. The number of fused-ring (bicyclic) bond motifs is 1. The van der Waals surface area contributed by atoms with Crippen molar-refractivity contribution in [2.24, 2.45) is 0 Å². The van der Waals surface area contributed by atoms with E-state index in [4.69, 9.17) is 9.47 Å². The Morgan fingerprint density at radius 3 is 2.48 bits per heavy atom. The first-order valence-corrected chi connectivity index (χ1v) is 10.6. The van der Waals surface area contributed by atoms with E-state index in [1.54, 1.807) is 49.6 Å². The third-order valence-corrected chi connectivity index (χ3v) is 5.95. The number of methoxy groups -OCH3 is 2. The van der Waals surface area contributed by atoms with Crippen LogP contribution in [0.5, 0.6) is 5.75 Å². The van der Waals surface area contributed by atoms with Crippen LogP contribution in [0.3, 0.4) is 0 Å². The molecule has 9 nitrogen and oxygen atoms in total. The summed E-state index contributed by atoms with van der Waals surface area (Å²) in [5, 5.41) is 0. The lowest BCUT2D eigenvalue weighted by Crippen LogP contribution is -2.47. The molecular weight excluding hydrogens is 426 g/mol. The molecule has 1 saturated heterocycles. The van der Waals surface area contributed by atoms with Crippen LogP contribution in [0.15, 0.2) is 47.3 Å². The summed E-state index contributed by atoms with van der Waals surface area (Å²) in [6, 6.07) is 11.3. The van der Waals surface area contributed by atoms with Crippen molar-refractivity contribution in [3.05, 3.63) is 64.1 Å². The van der Waals surface area contributed by atoms with Gasteiger partial charge in [0, 0.05) is 19.1 Å². The topological polar surface area (TPSA) is 99.8 Å². The number of para-hydroxylation sites is 1. The molecule has 4 rings (SSSR count). The zero-order chi connectivity index (χ0) is 23.5. The van der Waals surface area contributed by atoms with Crippen molar-refractivity contribution in [1.29, 1.82) is 0 Å². The number of piperidine rings is 1. The van der Waals surface area contributed by atoms with Crippen LogP contribution in [0.2, 0.25) is 0 Å². The molecule has 2 amide bonds. The fourth-order valence-corrected chi connectivity index (χ4v) is 4.29. The summed E-state index contributed by atoms with van der Waals surface area (Å²) in [6.45, 7) is 0.612. The van der Waals surface area contributed by atoms with E-state index in [1.165, 1.54) is 21.1 Å². The average Bonchev–Trinajstić information content (AvgIpc) is 3.12. The Balaban J connectivity index is 1.75. The first-order chi connectivity index (χ1) is 16.0. The van der Waals surface area contributed by atoms with E-state index in [0.717, 1.165) is 5.56 Å². The van der Waals surface area contributed by atoms with E-state index in [1.807, 2.05) is 0 Å². The van der Waals surface area contributed by atoms with Gasteiger partial charge < -0.3 is 9.47 Å². The van der Waals surface area contributed by atoms with Gasteiger partial charge in [-0.25, -0.2) is 4.79 Å². The maximum absolute atomic E-state index is 13.5. The van der Waals surface area contributed by atoms with Gasteiger partial charge in [0.25, 0.3) is 5.91 Å². The zero-order valence-electron chi connectivity index (χ0n) is 18.5. The van der Waals surface area contributed by atoms with Gasteiger partial charge in [-0.1, -0.05) is 18.2 Å². The van der Waals surface area contributed by atoms with Crippen molar-refractivity contribution in [1.82, 2.24) is 14.0 Å². The summed E-state index contributed by atoms with van der Waals surface area (Å²) in [6.07, 6.45) is 1.04. The molecule has 172 valence electrons. The molecule has 3 aromatic rings. The van der Waals surface area contributed by atoms with E-state index >= 15 is 0 Å². The lowest BCUT2D eigenvalue weighted by atomic mass is 10.0. The van der Waals surface area contributed by atoms with E-state index in [2.05, 4.69) is 0 Å². The van der Waals surface area contributed by atoms with Gasteiger partial charge in [0.1, 0.15) is 11.8 Å². The molecule has 9 heteroatoms. The smallest absolute Gasteiger partial charge is 0.329 e. The first-order valence-electron chi connectivity index (χ1n) is 10.6. The zero-order valence-corrected chi connectivity index (χ0v) is 18.5. The highest BCUT2D eigenvalue weighted by Gasteiger charge is 2.37. The molecule has 0 spiro atoms. The molecule has 1 aliphatic heterocycles. The Hall–Kier alpha value is -3.72. The van der Waals surface area contributed by atoms with Crippen LogP contribution >= 0.6 is 0 Å². The fourth-order valence-electron chi connectivity index (χ4n) is 4.29. The molecule has 0 saturated carbocycles. The summed E-state index contributed by atoms with van der Waals surface area (Å²) >= 11 is 0. The largest absolute Gasteiger partial charge is 0.497 e. The number of benzene rings is 2. The monoisotopic (exact) mass is 451 g/mol. The van der Waals surface area contributed by atoms with Crippen LogP contribution in [0, 0.1) is 0 Å². The van der Waals surface area contributed by atoms with E-state index in [9.17, 15) is 19.2 Å². The second kappa shape index (κ2) is 9.41. The molecule has 0 radical (unpaired) electrons. The second-order valence-electron chi connectivity index (χ2n) is 7.85. The number of imidazole rings is 1. The van der Waals surface area contributed by atoms with Crippen LogP contribution in [0.25, 0.3) is 11.0 Å². The molecule has 2 heterocycles. The van der Waals surface area contributed by atoms with Gasteiger partial charge in [-0.15, -0.1) is 0 Å². The standard InChI is InChI=1S/C24H25N3O6/c1-32-13-12-25-22-17(15-28)4-3-5-19(22)27(24(25)31)20-10-11-21(29)26(23(20)30)14-16-6-8-18(33-2)9-7-16/h3-9,15,20H,10-14H2,1-2H3. The van der Waals surface area contributed by atoms with Gasteiger partial charge in [-0.05, 0) is 36.2 Å². The van der Waals surface area contributed by atoms with Crippen molar-refractivity contribution in [2.75, 3.05) is 20.8 Å². The summed E-state index contributed by atoms with van der Waals surface area (Å²) in [5.41, 5.74) is 1.66. The average molecular weight is 451 g/mol. The molecule has 1 aromatic heterocycles. The van der Waals surface area contributed by atoms with Crippen LogP contribution in [0.1, 0.15) is 34.8 Å². The Bertz CT molecular complexity index is 1260. The third kappa shape index (κ3) is 4.07. The Kier molecular flexibility index (Phi) is 6.41. The summed E-state index contributed by atoms with van der Waals surface area (Å²) < 4.78 is 13.2. The SMILES string of the molecule is COCCn1c(=O)n(C2CCC(=O)N(Cc3ccc(OC)cc3)C2=O)c2cccc(C=O)c21. The summed E-state index contributed by atoms with van der Waals surface area (Å²) in [7, 11) is 3.09. The minimum Gasteiger partial charge on any atom is -0.497 e. The lowest BCUT2D eigenvalue weighted by molar-refractivity contribution is -0.151. The van der Waals surface area contributed by atoms with Crippen LogP contribution in [0.4, 0.5) is 0 Å². The van der Waals surface area contributed by atoms with Crippen molar-refractivity contribution in [3.63, 3.8) is 0 Å². The van der Waals surface area contributed by atoms with Crippen molar-refractivity contribution >= 4 is 29.1 Å². The number of nitrogens with zero attached hydrogens (tertiary/aromatic N) is 3. The first kappa shape index (κ1) is 22.5. The molecule has 1 fully saturated rings. The van der Waals surface area contributed by atoms with E-state index in [-0.39, 0.29) is 38.4 Å². The number of carbonyl (C=O) groups excluding carboxylic acids is 3. The molecule has 33 heavy (non-hydrogen) atoms. The number of hydrogen-bond donors (Lipinski definition) is 0. The van der Waals surface area contributed by atoms with Gasteiger partial charge in [-0.3, -0.25) is 28.4 Å². The number of aldehydes is 1. The third-order valence-electron chi connectivity index (χ3n) is 5.95. The molecule has 0 N–H and O–H groups in total. The predicted octanol–water partition coefficient (Wildman–Crippen LogP) is 2.16. The predicted molar refractivity (Wildman–Crippen MR) is 120 cm³/mol. The minimum absolute atomic E-state index is 0.106. The number of likely N-dealkylation sites (tertiary alicyclic amines) is 1. The number of rotatable bonds is 8. The molecular formula is C24H25N3O6. The van der Waals surface area contributed by atoms with Crippen LogP contribution in [-0.4, -0.2) is 53.0 Å². The quantitative estimate of drug-likeness (QED) is 0.384. The molecule has 0 bridgehead atoms. The van der Waals surface area contributed by atoms with Gasteiger partial charge in [0.15, 0.2) is 6.29 Å². The van der Waals surface area contributed by atoms with Gasteiger partial charge in [0.2, 0.25) is 5.91 Å². The minimum atomic E-state index is -0.846. The lowest BCUT2D eigenvalue weighted by Gasteiger charge is -2.31. The molecule has 1 aliphatic rings. The Morgan fingerprint density at radius 1 is 1.06 bits per heavy atom. The molecule has 2 aromatic carbocycles. The number of amides is 2. The molecule has 1 unspecified atom stereocenters. The number of imide groups is 1. The summed E-state index contributed by atoms with van der Waals surface area (Å²) in [5.74, 6) is -0.0439. The van der Waals surface area contributed by atoms with Crippen molar-refractivity contribution in [3.8, 4) is 5.75 Å². The summed E-state index contributed by atoms with van der Waals surface area (Å²) in [4.78, 5) is 52.4. The highest BCUT2D eigenvalue weighted by molar-refractivity contribution is 6.01. The van der Waals surface area contributed by atoms with E-state index < -0.39 is 17.6 Å². The Morgan fingerprint density at radius 2 is 1.82 bits per heavy atom. The second-order valence-corrected chi connectivity index (χ2v) is 7.85. The fraction of sp³-hybridized carbons (Fsp3) is 0.333. The van der Waals surface area contributed by atoms with Gasteiger partial charge in [0.05, 0.1) is 37.8 Å².